The molecule has 1 saturated heterocycles. The molecule has 84 valence electrons. The van der Waals surface area contributed by atoms with Crippen molar-refractivity contribution in [1.29, 1.82) is 0 Å². The third-order valence-corrected chi connectivity index (χ3v) is 3.02. The zero-order chi connectivity index (χ0) is 10.4. The Labute approximate surface area is 87.7 Å². The van der Waals surface area contributed by atoms with E-state index in [1.807, 2.05) is 0 Å². The predicted molar refractivity (Wildman–Crippen MR) is 59.5 cm³/mol. The van der Waals surface area contributed by atoms with E-state index in [4.69, 9.17) is 5.11 Å². The highest BCUT2D eigenvalue weighted by Crippen LogP contribution is 2.06. The molecule has 1 rings (SSSR count). The molecule has 0 aromatic rings. The van der Waals surface area contributed by atoms with Crippen molar-refractivity contribution < 1.29 is 5.11 Å². The van der Waals surface area contributed by atoms with Gasteiger partial charge in [-0.05, 0) is 33.2 Å². The summed E-state index contributed by atoms with van der Waals surface area (Å²) in [6.07, 6.45) is 2.09. The quantitative estimate of drug-likeness (QED) is 0.665. The molecule has 1 N–H and O–H groups in total. The highest BCUT2D eigenvalue weighted by molar-refractivity contribution is 4.73. The number of aliphatic hydroxyl groups excluding tert-OH is 1. The third kappa shape index (κ3) is 3.95. The number of hydrogen-bond donors (Lipinski definition) is 1. The molecule has 1 heterocycles. The van der Waals surface area contributed by atoms with Crippen LogP contribution in [0.1, 0.15) is 26.7 Å². The third-order valence-electron chi connectivity index (χ3n) is 3.02. The molecule has 0 spiro atoms. The maximum atomic E-state index is 8.68. The lowest BCUT2D eigenvalue weighted by atomic mass is 10.2. The zero-order valence-electron chi connectivity index (χ0n) is 9.58. The first-order valence-electron chi connectivity index (χ1n) is 5.81. The Kier molecular flexibility index (Phi) is 5.45. The first kappa shape index (κ1) is 12.0. The number of unbranched alkanes of at least 4 members (excludes halogenated alkanes) is 1. The van der Waals surface area contributed by atoms with E-state index in [2.05, 4.69) is 23.6 Å². The second kappa shape index (κ2) is 6.38. The number of rotatable bonds is 5. The lowest BCUT2D eigenvalue weighted by molar-refractivity contribution is 0.106. The van der Waals surface area contributed by atoms with E-state index in [1.54, 1.807) is 0 Å². The Morgan fingerprint density at radius 2 is 1.71 bits per heavy atom. The van der Waals surface area contributed by atoms with Crippen molar-refractivity contribution in [2.45, 2.75) is 32.7 Å². The SMILES string of the molecule is CC(C)N1CCN(CCCCO)CC1. The van der Waals surface area contributed by atoms with Gasteiger partial charge in [-0.1, -0.05) is 0 Å². The van der Waals surface area contributed by atoms with E-state index in [-0.39, 0.29) is 0 Å². The van der Waals surface area contributed by atoms with Crippen molar-refractivity contribution in [3.8, 4) is 0 Å². The largest absolute Gasteiger partial charge is 0.396 e. The number of piperazine rings is 1. The maximum Gasteiger partial charge on any atom is 0.0431 e. The van der Waals surface area contributed by atoms with Gasteiger partial charge in [0.25, 0.3) is 0 Å². The average molecular weight is 200 g/mol. The van der Waals surface area contributed by atoms with Crippen LogP contribution in [0.3, 0.4) is 0 Å². The summed E-state index contributed by atoms with van der Waals surface area (Å²) in [6, 6.07) is 0.689. The number of hydrogen-bond acceptors (Lipinski definition) is 3. The van der Waals surface area contributed by atoms with Gasteiger partial charge in [0.1, 0.15) is 0 Å². The van der Waals surface area contributed by atoms with Crippen LogP contribution in [0.25, 0.3) is 0 Å². The van der Waals surface area contributed by atoms with Crippen LogP contribution in [0.2, 0.25) is 0 Å². The first-order valence-corrected chi connectivity index (χ1v) is 5.81. The Morgan fingerprint density at radius 1 is 1.07 bits per heavy atom. The molecule has 0 atom stereocenters. The van der Waals surface area contributed by atoms with Gasteiger partial charge in [-0.25, -0.2) is 0 Å². The lowest BCUT2D eigenvalue weighted by Gasteiger charge is -2.36. The van der Waals surface area contributed by atoms with Crippen LogP contribution in [0, 0.1) is 0 Å². The van der Waals surface area contributed by atoms with Gasteiger partial charge in [0.2, 0.25) is 0 Å². The molecular weight excluding hydrogens is 176 g/mol. The van der Waals surface area contributed by atoms with Gasteiger partial charge in [-0.2, -0.15) is 0 Å². The van der Waals surface area contributed by atoms with Crippen LogP contribution in [-0.4, -0.2) is 60.3 Å². The molecule has 0 aromatic heterocycles. The average Bonchev–Trinajstić information content (AvgIpc) is 2.19. The molecule has 3 nitrogen and oxygen atoms in total. The second-order valence-corrected chi connectivity index (χ2v) is 4.40. The fourth-order valence-corrected chi connectivity index (χ4v) is 1.95. The van der Waals surface area contributed by atoms with E-state index in [0.717, 1.165) is 19.4 Å². The second-order valence-electron chi connectivity index (χ2n) is 4.40. The molecule has 0 amide bonds. The molecule has 0 unspecified atom stereocenters. The van der Waals surface area contributed by atoms with Crippen molar-refractivity contribution in [3.63, 3.8) is 0 Å². The summed E-state index contributed by atoms with van der Waals surface area (Å²) in [4.78, 5) is 5.04. The van der Waals surface area contributed by atoms with Gasteiger partial charge in [-0.3, -0.25) is 4.90 Å². The van der Waals surface area contributed by atoms with E-state index >= 15 is 0 Å². The van der Waals surface area contributed by atoms with Crippen molar-refractivity contribution in [3.05, 3.63) is 0 Å². The van der Waals surface area contributed by atoms with E-state index in [9.17, 15) is 0 Å². The van der Waals surface area contributed by atoms with Crippen LogP contribution in [0.15, 0.2) is 0 Å². The molecular formula is C11H24N2O. The summed E-state index contributed by atoms with van der Waals surface area (Å²) in [5, 5.41) is 8.68. The Hall–Kier alpha value is -0.120. The molecule has 3 heteroatoms. The minimum atomic E-state index is 0.339. The van der Waals surface area contributed by atoms with Crippen molar-refractivity contribution >= 4 is 0 Å². The maximum absolute atomic E-state index is 8.68. The molecule has 1 fully saturated rings. The molecule has 0 bridgehead atoms. The summed E-state index contributed by atoms with van der Waals surface area (Å²) in [5.74, 6) is 0. The number of aliphatic hydroxyl groups is 1. The minimum absolute atomic E-state index is 0.339. The summed E-state index contributed by atoms with van der Waals surface area (Å²) in [6.45, 7) is 10.8. The molecule has 0 saturated carbocycles. The topological polar surface area (TPSA) is 26.7 Å². The van der Waals surface area contributed by atoms with Crippen molar-refractivity contribution in [2.75, 3.05) is 39.3 Å². The Balaban J connectivity index is 2.09. The molecule has 1 aliphatic heterocycles. The molecule has 1 aliphatic rings. The fourth-order valence-electron chi connectivity index (χ4n) is 1.95. The van der Waals surface area contributed by atoms with Crippen LogP contribution in [0.4, 0.5) is 0 Å². The lowest BCUT2D eigenvalue weighted by Crippen LogP contribution is -2.48. The molecule has 0 aliphatic carbocycles. The fraction of sp³-hybridized carbons (Fsp3) is 1.00. The standard InChI is InChI=1S/C11H24N2O/c1-11(2)13-8-6-12(7-9-13)5-3-4-10-14/h11,14H,3-10H2,1-2H3. The smallest absolute Gasteiger partial charge is 0.0431 e. The summed E-state index contributed by atoms with van der Waals surface area (Å²) in [5.41, 5.74) is 0. The summed E-state index contributed by atoms with van der Waals surface area (Å²) < 4.78 is 0. The van der Waals surface area contributed by atoms with Crippen LogP contribution in [-0.2, 0) is 0 Å². The van der Waals surface area contributed by atoms with Gasteiger partial charge >= 0.3 is 0 Å². The van der Waals surface area contributed by atoms with Crippen LogP contribution < -0.4 is 0 Å². The molecule has 0 radical (unpaired) electrons. The number of nitrogens with zero attached hydrogens (tertiary/aromatic N) is 2. The van der Waals surface area contributed by atoms with Crippen molar-refractivity contribution in [2.24, 2.45) is 0 Å². The summed E-state index contributed by atoms with van der Waals surface area (Å²) in [7, 11) is 0. The molecule has 14 heavy (non-hydrogen) atoms. The van der Waals surface area contributed by atoms with E-state index < -0.39 is 0 Å². The van der Waals surface area contributed by atoms with Gasteiger partial charge in [0.05, 0.1) is 0 Å². The van der Waals surface area contributed by atoms with E-state index in [1.165, 1.54) is 26.2 Å². The van der Waals surface area contributed by atoms with Gasteiger partial charge < -0.3 is 10.0 Å². The summed E-state index contributed by atoms with van der Waals surface area (Å²) >= 11 is 0. The van der Waals surface area contributed by atoms with Crippen LogP contribution in [0.5, 0.6) is 0 Å². The normalized spacial score (nSPS) is 20.6. The predicted octanol–water partition coefficient (Wildman–Crippen LogP) is 0.785. The molecule has 0 aromatic carbocycles. The van der Waals surface area contributed by atoms with Gasteiger partial charge in [-0.15, -0.1) is 0 Å². The van der Waals surface area contributed by atoms with Gasteiger partial charge in [0.15, 0.2) is 0 Å². The first-order chi connectivity index (χ1) is 6.74. The monoisotopic (exact) mass is 200 g/mol. The van der Waals surface area contributed by atoms with Crippen LogP contribution >= 0.6 is 0 Å². The van der Waals surface area contributed by atoms with Gasteiger partial charge in [0, 0.05) is 38.8 Å². The Morgan fingerprint density at radius 3 is 2.21 bits per heavy atom. The van der Waals surface area contributed by atoms with Crippen molar-refractivity contribution in [1.82, 2.24) is 9.80 Å². The highest BCUT2D eigenvalue weighted by atomic mass is 16.2. The highest BCUT2D eigenvalue weighted by Gasteiger charge is 2.17. The zero-order valence-corrected chi connectivity index (χ0v) is 9.58. The Bertz CT molecular complexity index is 142. The van der Waals surface area contributed by atoms with E-state index in [0.29, 0.717) is 12.6 Å². The minimum Gasteiger partial charge on any atom is -0.396 e.